The Kier molecular flexibility index (Phi) is 24.0. The lowest BCUT2D eigenvalue weighted by Crippen LogP contribution is -2.46. The molecular formula is C58H54Cl2F2N6O4S2. The van der Waals surface area contributed by atoms with Crippen molar-refractivity contribution in [3.63, 3.8) is 0 Å². The molecule has 74 heavy (non-hydrogen) atoms. The second-order valence-electron chi connectivity index (χ2n) is 16.2. The van der Waals surface area contributed by atoms with Crippen molar-refractivity contribution >= 4 is 81.9 Å². The SMILES string of the molecule is CN(C(=O)c1ccc(F)cc1)[C@@H](Cc1ccccc1)C(=O)Nc1ccc(SCc2ccccc2)nc1.CN[C@@H](Cc1ccccc1)C(=O)Nc1ccc(SCc2ccccc2)nc1.Cl.O=C(Cl)c1ccc(F)cc1. The van der Waals surface area contributed by atoms with Crippen molar-refractivity contribution in [3.05, 3.63) is 252 Å². The quantitative estimate of drug-likeness (QED) is 0.0567. The number of aromatic nitrogens is 2. The largest absolute Gasteiger partial charge is 0.329 e. The fourth-order valence-corrected chi connectivity index (χ4v) is 8.66. The number of halogens is 4. The summed E-state index contributed by atoms with van der Waals surface area (Å²) in [5, 5.41) is 10.1. The highest BCUT2D eigenvalue weighted by molar-refractivity contribution is 7.98. The van der Waals surface area contributed by atoms with Crippen LogP contribution in [0, 0.1) is 11.6 Å². The third-order valence-corrected chi connectivity index (χ3v) is 13.2. The molecule has 8 rings (SSSR count). The van der Waals surface area contributed by atoms with Crippen LogP contribution < -0.4 is 16.0 Å². The summed E-state index contributed by atoms with van der Waals surface area (Å²) in [5.74, 6) is 0.119. The second-order valence-corrected chi connectivity index (χ2v) is 18.6. The second kappa shape index (κ2) is 30.7. The van der Waals surface area contributed by atoms with Gasteiger partial charge in [0.25, 0.3) is 11.1 Å². The highest BCUT2D eigenvalue weighted by Gasteiger charge is 2.28. The molecule has 2 atom stereocenters. The van der Waals surface area contributed by atoms with Crippen molar-refractivity contribution < 1.29 is 28.0 Å². The fraction of sp³-hybridized carbons (Fsp3) is 0.138. The van der Waals surface area contributed by atoms with Crippen LogP contribution in [-0.2, 0) is 33.9 Å². The standard InChI is InChI=1S/C29H26FN3O2S.C22H23N3OS.C7H4ClFO.ClH/c1-33(29(35)23-12-14-24(30)15-13-23)26(18-21-8-4-2-5-9-21)28(34)32-25-16-17-27(31-19-25)36-20-22-10-6-3-7-11-22;1-23-20(14-17-8-4-2-5-9-17)22(26)25-19-12-13-21(24-15-19)27-16-18-10-6-3-7-11-18;8-7(10)5-1-3-6(9)4-2-5;/h2-17,19,26H,18,20H2,1H3,(H,32,34);2-13,15,20,23H,14,16H2,1H3,(H,25,26);1-4H;1H/t26-;20-;;/m00../s1. The van der Waals surface area contributed by atoms with Gasteiger partial charge in [0.05, 0.1) is 39.9 Å². The highest BCUT2D eigenvalue weighted by Crippen LogP contribution is 2.24. The molecule has 0 bridgehead atoms. The van der Waals surface area contributed by atoms with E-state index in [1.54, 1.807) is 56.1 Å². The van der Waals surface area contributed by atoms with Crippen LogP contribution in [-0.4, -0.2) is 64.0 Å². The normalized spacial score (nSPS) is 11.1. The van der Waals surface area contributed by atoms with E-state index in [-0.39, 0.29) is 42.0 Å². The number of benzene rings is 6. The van der Waals surface area contributed by atoms with E-state index in [0.717, 1.165) is 32.7 Å². The van der Waals surface area contributed by atoms with Crippen molar-refractivity contribution in [2.75, 3.05) is 24.7 Å². The molecule has 10 nitrogen and oxygen atoms in total. The summed E-state index contributed by atoms with van der Waals surface area (Å²) in [4.78, 5) is 59.7. The fourth-order valence-electron chi connectivity index (χ4n) is 6.93. The highest BCUT2D eigenvalue weighted by atomic mass is 35.5. The lowest BCUT2D eigenvalue weighted by molar-refractivity contribution is -0.120. The predicted molar refractivity (Wildman–Crippen MR) is 297 cm³/mol. The molecule has 0 radical (unpaired) electrons. The van der Waals surface area contributed by atoms with Crippen molar-refractivity contribution in [1.82, 2.24) is 20.2 Å². The van der Waals surface area contributed by atoms with Gasteiger partial charge >= 0.3 is 0 Å². The van der Waals surface area contributed by atoms with Gasteiger partial charge in [0.2, 0.25) is 11.8 Å². The molecule has 2 aromatic heterocycles. The van der Waals surface area contributed by atoms with Gasteiger partial charge in [-0.3, -0.25) is 19.2 Å². The molecule has 2 heterocycles. The van der Waals surface area contributed by atoms with Crippen molar-refractivity contribution in [2.24, 2.45) is 0 Å². The molecule has 0 aliphatic heterocycles. The van der Waals surface area contributed by atoms with Gasteiger partial charge in [0, 0.05) is 36.1 Å². The average molecular weight is 1070 g/mol. The summed E-state index contributed by atoms with van der Waals surface area (Å²) >= 11 is 8.38. The van der Waals surface area contributed by atoms with Crippen LogP contribution in [0.25, 0.3) is 0 Å². The van der Waals surface area contributed by atoms with Crippen LogP contribution in [0.2, 0.25) is 0 Å². The maximum atomic E-state index is 13.3. The monoisotopic (exact) mass is 1070 g/mol. The number of thioether (sulfide) groups is 2. The summed E-state index contributed by atoms with van der Waals surface area (Å²) in [6, 6.07) is 56.7. The molecule has 8 aromatic rings. The number of nitrogens with zero attached hydrogens (tertiary/aromatic N) is 3. The van der Waals surface area contributed by atoms with E-state index in [0.29, 0.717) is 35.3 Å². The van der Waals surface area contributed by atoms with Gasteiger partial charge < -0.3 is 20.9 Å². The molecule has 0 fully saturated rings. The Labute approximate surface area is 450 Å². The van der Waals surface area contributed by atoms with Crippen LogP contribution in [0.5, 0.6) is 0 Å². The first kappa shape index (κ1) is 57.7. The smallest absolute Gasteiger partial charge is 0.254 e. The van der Waals surface area contributed by atoms with Crippen LogP contribution in [0.3, 0.4) is 0 Å². The van der Waals surface area contributed by atoms with E-state index >= 15 is 0 Å². The topological polar surface area (TPSA) is 133 Å². The van der Waals surface area contributed by atoms with E-state index in [4.69, 9.17) is 11.6 Å². The van der Waals surface area contributed by atoms with Gasteiger partial charge in [0.15, 0.2) is 0 Å². The third kappa shape index (κ3) is 19.3. The predicted octanol–water partition coefficient (Wildman–Crippen LogP) is 12.6. The number of pyridine rings is 2. The molecule has 0 aliphatic rings. The Morgan fingerprint density at radius 2 is 0.919 bits per heavy atom. The summed E-state index contributed by atoms with van der Waals surface area (Å²) in [6.07, 6.45) is 4.29. The first-order valence-corrected chi connectivity index (χ1v) is 25.4. The molecule has 0 aliphatic carbocycles. The zero-order chi connectivity index (χ0) is 51.8. The number of nitrogens with one attached hydrogen (secondary N) is 3. The van der Waals surface area contributed by atoms with Gasteiger partial charge in [-0.25, -0.2) is 18.7 Å². The van der Waals surface area contributed by atoms with Crippen LogP contribution in [0.1, 0.15) is 43.0 Å². The van der Waals surface area contributed by atoms with Crippen molar-refractivity contribution in [3.8, 4) is 0 Å². The molecule has 16 heteroatoms. The minimum absolute atomic E-state index is 0. The summed E-state index contributed by atoms with van der Waals surface area (Å²) < 4.78 is 25.5. The molecule has 3 amide bonds. The lowest BCUT2D eigenvalue weighted by Gasteiger charge is -2.27. The van der Waals surface area contributed by atoms with Crippen molar-refractivity contribution in [2.45, 2.75) is 46.5 Å². The Morgan fingerprint density at radius 3 is 1.31 bits per heavy atom. The molecule has 0 saturated heterocycles. The maximum Gasteiger partial charge on any atom is 0.254 e. The minimum Gasteiger partial charge on any atom is -0.329 e. The minimum atomic E-state index is -0.780. The van der Waals surface area contributed by atoms with Gasteiger partial charge in [-0.15, -0.1) is 35.9 Å². The first-order chi connectivity index (χ1) is 35.4. The van der Waals surface area contributed by atoms with Crippen molar-refractivity contribution in [1.29, 1.82) is 0 Å². The Bertz CT molecular complexity index is 2960. The average Bonchev–Trinajstić information content (AvgIpc) is 3.42. The number of rotatable bonds is 18. The molecule has 0 spiro atoms. The van der Waals surface area contributed by atoms with E-state index in [1.165, 1.54) is 64.6 Å². The zero-order valence-corrected chi connectivity index (χ0v) is 43.7. The number of hydrogen-bond donors (Lipinski definition) is 3. The Hall–Kier alpha value is -7.20. The number of carbonyl (C=O) groups is 4. The summed E-state index contributed by atoms with van der Waals surface area (Å²) in [7, 11) is 3.38. The summed E-state index contributed by atoms with van der Waals surface area (Å²) in [6.45, 7) is 0. The Morgan fingerprint density at radius 1 is 0.527 bits per heavy atom. The zero-order valence-electron chi connectivity index (χ0n) is 40.4. The number of likely N-dealkylation sites (N-methyl/N-ethyl adjacent to an activating group) is 2. The van der Waals surface area contributed by atoms with Gasteiger partial charge in [0.1, 0.15) is 17.7 Å². The number of anilines is 2. The number of carbonyl (C=O) groups excluding carboxylic acids is 4. The first-order valence-electron chi connectivity index (χ1n) is 23.0. The number of hydrogen-bond acceptors (Lipinski definition) is 9. The van der Waals surface area contributed by atoms with E-state index in [2.05, 4.69) is 50.2 Å². The molecular weight excluding hydrogens is 1020 g/mol. The Balaban J connectivity index is 0.000000234. The maximum absolute atomic E-state index is 13.3. The van der Waals surface area contributed by atoms with Crippen LogP contribution in [0.15, 0.2) is 217 Å². The molecule has 0 unspecified atom stereocenters. The molecule has 6 aromatic carbocycles. The van der Waals surface area contributed by atoms with Gasteiger partial charge in [-0.05, 0) is 120 Å². The summed E-state index contributed by atoms with van der Waals surface area (Å²) in [5.41, 5.74) is 6.38. The number of amides is 3. The molecule has 0 saturated carbocycles. The molecule has 3 N–H and O–H groups in total. The van der Waals surface area contributed by atoms with Gasteiger partial charge in [-0.2, -0.15) is 0 Å². The van der Waals surface area contributed by atoms with Crippen LogP contribution in [0.4, 0.5) is 20.2 Å². The molecule has 380 valence electrons. The van der Waals surface area contributed by atoms with E-state index < -0.39 is 17.1 Å². The van der Waals surface area contributed by atoms with Gasteiger partial charge in [-0.1, -0.05) is 121 Å². The third-order valence-electron chi connectivity index (χ3n) is 10.9. The van der Waals surface area contributed by atoms with Crippen LogP contribution >= 0.6 is 47.5 Å². The lowest BCUT2D eigenvalue weighted by atomic mass is 10.0. The van der Waals surface area contributed by atoms with E-state index in [1.807, 2.05) is 115 Å². The van der Waals surface area contributed by atoms with E-state index in [9.17, 15) is 28.0 Å².